The number of rotatable bonds is 0. The SMILES string of the molecule is CC1Sc2c(O)ccc(O)c2C(=O)C1C. The number of thioether (sulfide) groups is 1. The molecule has 0 fully saturated rings. The van der Waals surface area contributed by atoms with Crippen molar-refractivity contribution in [1.82, 2.24) is 0 Å². The average molecular weight is 224 g/mol. The van der Waals surface area contributed by atoms with E-state index in [1.54, 1.807) is 0 Å². The Bertz CT molecular complexity index is 428. The van der Waals surface area contributed by atoms with Gasteiger partial charge in [0.2, 0.25) is 0 Å². The molecule has 0 amide bonds. The van der Waals surface area contributed by atoms with E-state index in [9.17, 15) is 15.0 Å². The first-order chi connectivity index (χ1) is 7.02. The molecule has 0 radical (unpaired) electrons. The molecule has 0 saturated heterocycles. The van der Waals surface area contributed by atoms with Gasteiger partial charge in [0.05, 0.1) is 10.5 Å². The van der Waals surface area contributed by atoms with E-state index in [1.807, 2.05) is 13.8 Å². The molecule has 80 valence electrons. The molecule has 2 unspecified atom stereocenters. The fraction of sp³-hybridized carbons (Fsp3) is 0.364. The Morgan fingerprint density at radius 1 is 1.20 bits per heavy atom. The molecule has 2 atom stereocenters. The van der Waals surface area contributed by atoms with E-state index < -0.39 is 0 Å². The van der Waals surface area contributed by atoms with Gasteiger partial charge in [-0.3, -0.25) is 4.79 Å². The maximum atomic E-state index is 11.9. The minimum atomic E-state index is -0.129. The van der Waals surface area contributed by atoms with E-state index in [1.165, 1.54) is 23.9 Å². The monoisotopic (exact) mass is 224 g/mol. The van der Waals surface area contributed by atoms with Crippen LogP contribution in [-0.2, 0) is 0 Å². The van der Waals surface area contributed by atoms with E-state index in [4.69, 9.17) is 0 Å². The number of benzene rings is 1. The Morgan fingerprint density at radius 3 is 2.47 bits per heavy atom. The summed E-state index contributed by atoms with van der Waals surface area (Å²) < 4.78 is 0. The number of ketones is 1. The van der Waals surface area contributed by atoms with Crippen LogP contribution in [-0.4, -0.2) is 21.2 Å². The normalized spacial score (nSPS) is 25.1. The summed E-state index contributed by atoms with van der Waals surface area (Å²) in [5.41, 5.74) is 0.269. The lowest BCUT2D eigenvalue weighted by Gasteiger charge is -2.26. The molecule has 4 heteroatoms. The highest BCUT2D eigenvalue weighted by Gasteiger charge is 2.34. The van der Waals surface area contributed by atoms with Crippen molar-refractivity contribution in [1.29, 1.82) is 0 Å². The van der Waals surface area contributed by atoms with Gasteiger partial charge in [-0.25, -0.2) is 0 Å². The lowest BCUT2D eigenvalue weighted by molar-refractivity contribution is 0.0920. The smallest absolute Gasteiger partial charge is 0.171 e. The Morgan fingerprint density at radius 2 is 1.80 bits per heavy atom. The second-order valence-corrected chi connectivity index (χ2v) is 5.17. The van der Waals surface area contributed by atoms with Crippen molar-refractivity contribution in [3.05, 3.63) is 17.7 Å². The molecule has 0 saturated carbocycles. The largest absolute Gasteiger partial charge is 0.507 e. The van der Waals surface area contributed by atoms with Gasteiger partial charge in [-0.1, -0.05) is 13.8 Å². The minimum absolute atomic E-state index is 0.0425. The van der Waals surface area contributed by atoms with Gasteiger partial charge >= 0.3 is 0 Å². The molecule has 1 aromatic carbocycles. The molecule has 1 heterocycles. The van der Waals surface area contributed by atoms with E-state index in [0.717, 1.165) is 0 Å². The number of phenols is 2. The second kappa shape index (κ2) is 3.45. The molecule has 3 nitrogen and oxygen atoms in total. The van der Waals surface area contributed by atoms with Crippen LogP contribution in [0.2, 0.25) is 0 Å². The zero-order valence-corrected chi connectivity index (χ0v) is 9.34. The number of carbonyl (C=O) groups is 1. The predicted octanol–water partition coefficient (Wildman–Crippen LogP) is 2.41. The third-order valence-corrected chi connectivity index (χ3v) is 4.21. The van der Waals surface area contributed by atoms with Crippen LogP contribution >= 0.6 is 11.8 Å². The molecule has 0 bridgehead atoms. The molecule has 1 aromatic rings. The van der Waals surface area contributed by atoms with Crippen molar-refractivity contribution in [2.24, 2.45) is 5.92 Å². The van der Waals surface area contributed by atoms with Gasteiger partial charge in [-0.05, 0) is 12.1 Å². The number of hydrogen-bond acceptors (Lipinski definition) is 4. The minimum Gasteiger partial charge on any atom is -0.507 e. The van der Waals surface area contributed by atoms with Gasteiger partial charge < -0.3 is 10.2 Å². The molecule has 15 heavy (non-hydrogen) atoms. The summed E-state index contributed by atoms with van der Waals surface area (Å²) in [7, 11) is 0. The van der Waals surface area contributed by atoms with Crippen molar-refractivity contribution < 1.29 is 15.0 Å². The zero-order chi connectivity index (χ0) is 11.2. The van der Waals surface area contributed by atoms with E-state index in [2.05, 4.69) is 0 Å². The standard InChI is InChI=1S/C11H12O3S/c1-5-6(2)15-11-8(13)4-3-7(12)9(11)10(5)14/h3-6,12-13H,1-2H3. The van der Waals surface area contributed by atoms with Crippen LogP contribution in [0.15, 0.2) is 17.0 Å². The van der Waals surface area contributed by atoms with Crippen molar-refractivity contribution in [3.63, 3.8) is 0 Å². The van der Waals surface area contributed by atoms with Crippen LogP contribution in [0, 0.1) is 5.92 Å². The van der Waals surface area contributed by atoms with Crippen LogP contribution < -0.4 is 0 Å². The average Bonchev–Trinajstić information content (AvgIpc) is 2.20. The molecule has 0 aromatic heterocycles. The molecular formula is C11H12O3S. The quantitative estimate of drug-likeness (QED) is 0.664. The van der Waals surface area contributed by atoms with E-state index >= 15 is 0 Å². The van der Waals surface area contributed by atoms with E-state index in [0.29, 0.717) is 4.90 Å². The predicted molar refractivity (Wildman–Crippen MR) is 58.6 cm³/mol. The summed E-state index contributed by atoms with van der Waals surface area (Å²) in [5.74, 6) is -0.196. The summed E-state index contributed by atoms with van der Waals surface area (Å²) in [6, 6.07) is 2.77. The van der Waals surface area contributed by atoms with Gasteiger partial charge in [0, 0.05) is 11.2 Å². The van der Waals surface area contributed by atoms with Crippen molar-refractivity contribution in [2.75, 3.05) is 0 Å². The summed E-state index contributed by atoms with van der Waals surface area (Å²) in [6.45, 7) is 3.78. The topological polar surface area (TPSA) is 57.5 Å². The van der Waals surface area contributed by atoms with Gasteiger partial charge in [-0.2, -0.15) is 0 Å². The van der Waals surface area contributed by atoms with E-state index in [-0.39, 0.29) is 34.0 Å². The third kappa shape index (κ3) is 1.49. The molecular weight excluding hydrogens is 212 g/mol. The lowest BCUT2D eigenvalue weighted by atomic mass is 9.95. The molecule has 2 N–H and O–H groups in total. The fourth-order valence-electron chi connectivity index (χ4n) is 1.65. The van der Waals surface area contributed by atoms with Gasteiger partial charge in [0.15, 0.2) is 5.78 Å². The zero-order valence-electron chi connectivity index (χ0n) is 8.52. The molecule has 1 aliphatic heterocycles. The Kier molecular flexibility index (Phi) is 2.38. The number of carbonyl (C=O) groups excluding carboxylic acids is 1. The summed E-state index contributed by atoms with van der Waals surface area (Å²) in [6.07, 6.45) is 0. The first kappa shape index (κ1) is 10.4. The first-order valence-electron chi connectivity index (χ1n) is 4.78. The highest BCUT2D eigenvalue weighted by molar-refractivity contribution is 8.00. The van der Waals surface area contributed by atoms with Gasteiger partial charge in [-0.15, -0.1) is 11.8 Å². The van der Waals surface area contributed by atoms with Gasteiger partial charge in [0.25, 0.3) is 0 Å². The van der Waals surface area contributed by atoms with Crippen molar-refractivity contribution in [3.8, 4) is 11.5 Å². The summed E-state index contributed by atoms with van der Waals surface area (Å²) in [5, 5.41) is 19.4. The number of hydrogen-bond donors (Lipinski definition) is 2. The van der Waals surface area contributed by atoms with Crippen molar-refractivity contribution in [2.45, 2.75) is 24.0 Å². The molecule has 1 aliphatic rings. The Balaban J connectivity index is 2.64. The second-order valence-electron chi connectivity index (χ2n) is 3.78. The summed E-state index contributed by atoms with van der Waals surface area (Å²) >= 11 is 1.43. The molecule has 0 aliphatic carbocycles. The number of fused-ring (bicyclic) bond motifs is 1. The van der Waals surface area contributed by atoms with Crippen LogP contribution in [0.4, 0.5) is 0 Å². The van der Waals surface area contributed by atoms with Crippen molar-refractivity contribution >= 4 is 17.5 Å². The van der Waals surface area contributed by atoms with Crippen LogP contribution in [0.3, 0.4) is 0 Å². The highest BCUT2D eigenvalue weighted by Crippen LogP contribution is 2.45. The lowest BCUT2D eigenvalue weighted by Crippen LogP contribution is -2.25. The van der Waals surface area contributed by atoms with Crippen LogP contribution in [0.25, 0.3) is 0 Å². The summed E-state index contributed by atoms with van der Waals surface area (Å²) in [4.78, 5) is 12.4. The molecule has 0 spiro atoms. The fourth-order valence-corrected chi connectivity index (χ4v) is 2.86. The maximum absolute atomic E-state index is 11.9. The van der Waals surface area contributed by atoms with Gasteiger partial charge in [0.1, 0.15) is 11.5 Å². The number of phenolic OH excluding ortho intramolecular Hbond substituents is 2. The first-order valence-corrected chi connectivity index (χ1v) is 5.66. The maximum Gasteiger partial charge on any atom is 0.171 e. The number of aromatic hydroxyl groups is 2. The third-order valence-electron chi connectivity index (χ3n) is 2.78. The highest BCUT2D eigenvalue weighted by atomic mass is 32.2. The van der Waals surface area contributed by atoms with Crippen LogP contribution in [0.5, 0.6) is 11.5 Å². The Hall–Kier alpha value is -1.16. The van der Waals surface area contributed by atoms with Crippen LogP contribution in [0.1, 0.15) is 24.2 Å². The molecule has 2 rings (SSSR count). The number of Topliss-reactive ketones (excluding diaryl/α,β-unsaturated/α-hetero) is 1. The Labute approximate surface area is 92.1 Å².